The summed E-state index contributed by atoms with van der Waals surface area (Å²) in [6, 6.07) is 7.97. The number of nitrogens with zero attached hydrogens (tertiary/aromatic N) is 2. The van der Waals surface area contributed by atoms with Gasteiger partial charge in [-0.3, -0.25) is 0 Å². The van der Waals surface area contributed by atoms with E-state index in [1.54, 1.807) is 6.07 Å². The van der Waals surface area contributed by atoms with Gasteiger partial charge in [0.15, 0.2) is 0 Å². The molecule has 21 heavy (non-hydrogen) atoms. The van der Waals surface area contributed by atoms with Gasteiger partial charge in [-0.1, -0.05) is 23.2 Å². The molecule has 0 aliphatic heterocycles. The fourth-order valence-electron chi connectivity index (χ4n) is 1.52. The number of pyridine rings is 1. The van der Waals surface area contributed by atoms with Crippen LogP contribution >= 0.6 is 23.2 Å². The number of nitriles is 1. The van der Waals surface area contributed by atoms with E-state index < -0.39 is 11.9 Å². The summed E-state index contributed by atoms with van der Waals surface area (Å²) in [6.07, 6.45) is -4.61. The molecule has 0 aliphatic rings. The Bertz CT molecular complexity index is 724. The van der Waals surface area contributed by atoms with Crippen molar-refractivity contribution in [3.63, 3.8) is 0 Å². The topological polar surface area (TPSA) is 48.7 Å². The van der Waals surface area contributed by atoms with Crippen LogP contribution in [0.2, 0.25) is 10.0 Å². The van der Waals surface area contributed by atoms with Gasteiger partial charge in [0.25, 0.3) is 0 Å². The molecule has 0 atom stereocenters. The largest absolute Gasteiger partial charge is 0.433 e. The number of anilines is 2. The van der Waals surface area contributed by atoms with Gasteiger partial charge in [-0.25, -0.2) is 4.98 Å². The fraction of sp³-hybridized carbons (Fsp3) is 0.0769. The van der Waals surface area contributed by atoms with E-state index in [0.29, 0.717) is 5.02 Å². The third kappa shape index (κ3) is 3.57. The minimum Gasteiger partial charge on any atom is -0.338 e. The Morgan fingerprint density at radius 1 is 1.14 bits per heavy atom. The number of alkyl halides is 3. The maximum atomic E-state index is 12.7. The van der Waals surface area contributed by atoms with Gasteiger partial charge in [-0.2, -0.15) is 18.4 Å². The molecule has 1 aromatic heterocycles. The van der Waals surface area contributed by atoms with E-state index in [-0.39, 0.29) is 22.1 Å². The first-order chi connectivity index (χ1) is 9.81. The first kappa shape index (κ1) is 15.4. The Hall–Kier alpha value is -1.97. The predicted molar refractivity (Wildman–Crippen MR) is 73.7 cm³/mol. The van der Waals surface area contributed by atoms with E-state index in [4.69, 9.17) is 28.5 Å². The van der Waals surface area contributed by atoms with Crippen molar-refractivity contribution in [1.29, 1.82) is 5.26 Å². The summed E-state index contributed by atoms with van der Waals surface area (Å²) in [4.78, 5) is 3.42. The predicted octanol–water partition coefficient (Wildman–Crippen LogP) is 5.02. The molecule has 1 heterocycles. The average molecular weight is 332 g/mol. The summed E-state index contributed by atoms with van der Waals surface area (Å²) >= 11 is 11.7. The number of hydrogen-bond acceptors (Lipinski definition) is 3. The number of nitrogens with one attached hydrogen (secondary N) is 1. The molecule has 0 bridgehead atoms. The molecule has 0 aliphatic carbocycles. The molecule has 0 radical (unpaired) electrons. The summed E-state index contributed by atoms with van der Waals surface area (Å²) in [5, 5.41) is 12.1. The minimum atomic E-state index is -4.61. The maximum absolute atomic E-state index is 12.7. The molecule has 2 rings (SSSR count). The van der Waals surface area contributed by atoms with Gasteiger partial charge in [-0.15, -0.1) is 0 Å². The Morgan fingerprint density at radius 3 is 2.48 bits per heavy atom. The summed E-state index contributed by atoms with van der Waals surface area (Å²) in [7, 11) is 0. The maximum Gasteiger partial charge on any atom is 0.433 e. The molecule has 1 aromatic carbocycles. The van der Waals surface area contributed by atoms with E-state index in [1.165, 1.54) is 18.2 Å². The van der Waals surface area contributed by atoms with Crippen molar-refractivity contribution in [2.75, 3.05) is 5.32 Å². The highest BCUT2D eigenvalue weighted by Crippen LogP contribution is 2.32. The fourth-order valence-corrected chi connectivity index (χ4v) is 1.86. The van der Waals surface area contributed by atoms with Crippen LogP contribution in [0.15, 0.2) is 30.3 Å². The molecule has 1 N–H and O–H groups in total. The van der Waals surface area contributed by atoms with Crippen LogP contribution in [0.25, 0.3) is 0 Å². The molecular weight excluding hydrogens is 326 g/mol. The lowest BCUT2D eigenvalue weighted by atomic mass is 10.2. The van der Waals surface area contributed by atoms with Crippen LogP contribution < -0.4 is 5.32 Å². The lowest BCUT2D eigenvalue weighted by molar-refractivity contribution is -0.141. The molecule has 8 heteroatoms. The van der Waals surface area contributed by atoms with Crippen LogP contribution in [0.1, 0.15) is 11.3 Å². The highest BCUT2D eigenvalue weighted by Gasteiger charge is 2.33. The van der Waals surface area contributed by atoms with E-state index in [1.807, 2.05) is 0 Å². The van der Waals surface area contributed by atoms with Crippen molar-refractivity contribution in [2.45, 2.75) is 6.18 Å². The van der Waals surface area contributed by atoms with E-state index in [2.05, 4.69) is 10.3 Å². The molecule has 0 amide bonds. The van der Waals surface area contributed by atoms with Gasteiger partial charge in [0.2, 0.25) is 0 Å². The molecular formula is C13H6Cl2F3N3. The Kier molecular flexibility index (Phi) is 4.26. The van der Waals surface area contributed by atoms with Crippen LogP contribution in [0.3, 0.4) is 0 Å². The first-order valence-electron chi connectivity index (χ1n) is 5.51. The van der Waals surface area contributed by atoms with Gasteiger partial charge in [-0.05, 0) is 30.3 Å². The van der Waals surface area contributed by atoms with Crippen LogP contribution in [0.4, 0.5) is 24.7 Å². The molecule has 0 fully saturated rings. The number of hydrogen-bond donors (Lipinski definition) is 1. The first-order valence-corrected chi connectivity index (χ1v) is 6.27. The van der Waals surface area contributed by atoms with Crippen LogP contribution in [0, 0.1) is 11.3 Å². The zero-order valence-corrected chi connectivity index (χ0v) is 11.7. The molecule has 0 unspecified atom stereocenters. The minimum absolute atomic E-state index is 0.0426. The second kappa shape index (κ2) is 5.80. The summed E-state index contributed by atoms with van der Waals surface area (Å²) in [5.41, 5.74) is -0.895. The zero-order valence-electron chi connectivity index (χ0n) is 10.2. The Morgan fingerprint density at radius 2 is 1.86 bits per heavy atom. The lowest BCUT2D eigenvalue weighted by Crippen LogP contribution is -2.10. The van der Waals surface area contributed by atoms with Gasteiger partial charge >= 0.3 is 6.18 Å². The van der Waals surface area contributed by atoms with Gasteiger partial charge < -0.3 is 5.32 Å². The number of halogens is 5. The average Bonchev–Trinajstić information content (AvgIpc) is 2.42. The van der Waals surface area contributed by atoms with Crippen molar-refractivity contribution in [2.24, 2.45) is 0 Å². The zero-order chi connectivity index (χ0) is 15.6. The van der Waals surface area contributed by atoms with Crippen LogP contribution in [-0.2, 0) is 6.18 Å². The van der Waals surface area contributed by atoms with Crippen LogP contribution in [0.5, 0.6) is 0 Å². The Balaban J connectivity index is 2.47. The summed E-state index contributed by atoms with van der Waals surface area (Å²) < 4.78 is 38.0. The van der Waals surface area contributed by atoms with Gasteiger partial charge in [0, 0.05) is 5.02 Å². The van der Waals surface area contributed by atoms with E-state index in [0.717, 1.165) is 12.1 Å². The second-order valence-corrected chi connectivity index (χ2v) is 4.80. The van der Waals surface area contributed by atoms with Crippen molar-refractivity contribution in [1.82, 2.24) is 4.98 Å². The third-order valence-electron chi connectivity index (χ3n) is 2.49. The molecule has 2 aromatic rings. The molecule has 0 saturated carbocycles. The number of aromatic nitrogens is 1. The van der Waals surface area contributed by atoms with Crippen LogP contribution in [-0.4, -0.2) is 4.98 Å². The van der Waals surface area contributed by atoms with Gasteiger partial charge in [0.1, 0.15) is 17.6 Å². The molecule has 0 spiro atoms. The van der Waals surface area contributed by atoms with Gasteiger partial charge in [0.05, 0.1) is 16.3 Å². The standard InChI is InChI=1S/C13H6Cl2F3N3/c14-8-2-3-9(15)10(5-8)20-12-7(6-19)1-4-11(21-12)13(16,17)18/h1-5H,(H,20,21). The van der Waals surface area contributed by atoms with Crippen molar-refractivity contribution in [3.8, 4) is 6.07 Å². The highest BCUT2D eigenvalue weighted by atomic mass is 35.5. The quantitative estimate of drug-likeness (QED) is 0.840. The normalized spacial score (nSPS) is 11.0. The lowest BCUT2D eigenvalue weighted by Gasteiger charge is -2.12. The van der Waals surface area contributed by atoms with Crippen molar-refractivity contribution < 1.29 is 13.2 Å². The number of rotatable bonds is 2. The van der Waals surface area contributed by atoms with E-state index in [9.17, 15) is 13.2 Å². The Labute approximate surface area is 127 Å². The van der Waals surface area contributed by atoms with Crippen molar-refractivity contribution in [3.05, 3.63) is 51.6 Å². The summed E-state index contributed by atoms with van der Waals surface area (Å²) in [6.45, 7) is 0. The van der Waals surface area contributed by atoms with E-state index >= 15 is 0 Å². The second-order valence-electron chi connectivity index (χ2n) is 3.95. The van der Waals surface area contributed by atoms with Crippen molar-refractivity contribution >= 4 is 34.7 Å². The molecule has 108 valence electrons. The number of benzene rings is 1. The molecule has 0 saturated heterocycles. The SMILES string of the molecule is N#Cc1ccc(C(F)(F)F)nc1Nc1cc(Cl)ccc1Cl. The third-order valence-corrected chi connectivity index (χ3v) is 3.05. The molecule has 3 nitrogen and oxygen atoms in total. The summed E-state index contributed by atoms with van der Waals surface area (Å²) in [5.74, 6) is -0.239. The monoisotopic (exact) mass is 331 g/mol. The smallest absolute Gasteiger partial charge is 0.338 e. The highest BCUT2D eigenvalue weighted by molar-refractivity contribution is 6.35.